The highest BCUT2D eigenvalue weighted by Gasteiger charge is 2.20. The first-order chi connectivity index (χ1) is 8.25. The van der Waals surface area contributed by atoms with E-state index in [2.05, 4.69) is 56.3 Å². The predicted molar refractivity (Wildman–Crippen MR) is 72.0 cm³/mol. The number of aryl methyl sites for hydroxylation is 1. The Morgan fingerprint density at radius 1 is 1.24 bits per heavy atom. The quantitative estimate of drug-likeness (QED) is 0.711. The summed E-state index contributed by atoms with van der Waals surface area (Å²) < 4.78 is 6.08. The Bertz CT molecular complexity index is 353. The molecule has 17 heavy (non-hydrogen) atoms. The molecule has 1 aliphatic heterocycles. The standard InChI is InChI=1S/C16H22O/c1-13(2)16-10-6-9-15(17-16)12-11-14-7-4-3-5-8-14/h3-9,13,15-16H,10-12H2,1-2H3/t15-,16-/m0/s1. The molecule has 0 bridgehead atoms. The van der Waals surface area contributed by atoms with E-state index in [-0.39, 0.29) is 0 Å². The van der Waals surface area contributed by atoms with Crippen LogP contribution in [0.15, 0.2) is 42.5 Å². The van der Waals surface area contributed by atoms with E-state index in [9.17, 15) is 0 Å². The Hall–Kier alpha value is -1.08. The summed E-state index contributed by atoms with van der Waals surface area (Å²) in [5, 5.41) is 0. The Labute approximate surface area is 104 Å². The van der Waals surface area contributed by atoms with Gasteiger partial charge >= 0.3 is 0 Å². The van der Waals surface area contributed by atoms with E-state index in [0.717, 1.165) is 19.3 Å². The minimum absolute atomic E-state index is 0.302. The van der Waals surface area contributed by atoms with E-state index in [0.29, 0.717) is 18.1 Å². The highest BCUT2D eigenvalue weighted by atomic mass is 16.5. The molecule has 2 rings (SSSR count). The zero-order valence-corrected chi connectivity index (χ0v) is 10.8. The molecule has 1 aromatic rings. The van der Waals surface area contributed by atoms with E-state index >= 15 is 0 Å². The summed E-state index contributed by atoms with van der Waals surface area (Å²) in [4.78, 5) is 0. The molecular formula is C16H22O. The van der Waals surface area contributed by atoms with Gasteiger partial charge in [-0.15, -0.1) is 0 Å². The molecule has 1 heterocycles. The summed E-state index contributed by atoms with van der Waals surface area (Å²) in [6, 6.07) is 10.6. The average Bonchev–Trinajstić information content (AvgIpc) is 2.38. The molecular weight excluding hydrogens is 208 g/mol. The summed E-state index contributed by atoms with van der Waals surface area (Å²) in [6.07, 6.45) is 8.47. The van der Waals surface area contributed by atoms with E-state index < -0.39 is 0 Å². The molecule has 0 fully saturated rings. The molecule has 92 valence electrons. The molecule has 0 N–H and O–H groups in total. The summed E-state index contributed by atoms with van der Waals surface area (Å²) in [5.41, 5.74) is 1.40. The number of hydrogen-bond donors (Lipinski definition) is 0. The van der Waals surface area contributed by atoms with Gasteiger partial charge in [0, 0.05) is 0 Å². The lowest BCUT2D eigenvalue weighted by atomic mass is 9.99. The molecule has 1 aromatic carbocycles. The first kappa shape index (κ1) is 12.4. The van der Waals surface area contributed by atoms with Crippen LogP contribution in [0.5, 0.6) is 0 Å². The van der Waals surface area contributed by atoms with Crippen molar-refractivity contribution in [3.8, 4) is 0 Å². The van der Waals surface area contributed by atoms with Crippen molar-refractivity contribution in [3.05, 3.63) is 48.0 Å². The Morgan fingerprint density at radius 2 is 2.00 bits per heavy atom. The fourth-order valence-corrected chi connectivity index (χ4v) is 2.24. The van der Waals surface area contributed by atoms with Crippen molar-refractivity contribution in [1.29, 1.82) is 0 Å². The first-order valence-corrected chi connectivity index (χ1v) is 6.62. The molecule has 1 nitrogen and oxygen atoms in total. The maximum atomic E-state index is 6.08. The number of benzene rings is 1. The molecule has 0 aliphatic carbocycles. The van der Waals surface area contributed by atoms with Gasteiger partial charge in [0.1, 0.15) is 0 Å². The van der Waals surface area contributed by atoms with Gasteiger partial charge in [0.05, 0.1) is 12.2 Å². The second-order valence-corrected chi connectivity index (χ2v) is 5.15. The van der Waals surface area contributed by atoms with E-state index in [1.165, 1.54) is 5.56 Å². The van der Waals surface area contributed by atoms with Crippen molar-refractivity contribution in [2.75, 3.05) is 0 Å². The fraction of sp³-hybridized carbons (Fsp3) is 0.500. The highest BCUT2D eigenvalue weighted by Crippen LogP contribution is 2.21. The van der Waals surface area contributed by atoms with Crippen LogP contribution >= 0.6 is 0 Å². The van der Waals surface area contributed by atoms with Crippen LogP contribution in [0, 0.1) is 5.92 Å². The monoisotopic (exact) mass is 230 g/mol. The molecule has 2 atom stereocenters. The van der Waals surface area contributed by atoms with Crippen LogP contribution in [0.4, 0.5) is 0 Å². The molecule has 0 radical (unpaired) electrons. The van der Waals surface area contributed by atoms with Crippen LogP contribution in [0.1, 0.15) is 32.3 Å². The van der Waals surface area contributed by atoms with Gasteiger partial charge in [0.15, 0.2) is 0 Å². The topological polar surface area (TPSA) is 9.23 Å². The minimum atomic E-state index is 0.302. The highest BCUT2D eigenvalue weighted by molar-refractivity contribution is 5.15. The molecule has 0 saturated heterocycles. The predicted octanol–water partition coefficient (Wildman–Crippen LogP) is 3.99. The lowest BCUT2D eigenvalue weighted by Crippen LogP contribution is -2.28. The van der Waals surface area contributed by atoms with E-state index in [4.69, 9.17) is 4.74 Å². The van der Waals surface area contributed by atoms with Crippen LogP contribution in [0.2, 0.25) is 0 Å². The van der Waals surface area contributed by atoms with Crippen LogP contribution in [0.25, 0.3) is 0 Å². The van der Waals surface area contributed by atoms with Gasteiger partial charge in [0.2, 0.25) is 0 Å². The fourth-order valence-electron chi connectivity index (χ4n) is 2.24. The molecule has 0 saturated carbocycles. The van der Waals surface area contributed by atoms with Crippen molar-refractivity contribution in [2.24, 2.45) is 5.92 Å². The molecule has 0 amide bonds. The maximum Gasteiger partial charge on any atom is 0.0763 e. The normalized spacial score (nSPS) is 24.2. The zero-order chi connectivity index (χ0) is 12.1. The second-order valence-electron chi connectivity index (χ2n) is 5.15. The lowest BCUT2D eigenvalue weighted by molar-refractivity contribution is -0.0224. The molecule has 0 spiro atoms. The van der Waals surface area contributed by atoms with Gasteiger partial charge in [-0.25, -0.2) is 0 Å². The second kappa shape index (κ2) is 6.02. The van der Waals surface area contributed by atoms with Crippen LogP contribution in [-0.4, -0.2) is 12.2 Å². The van der Waals surface area contributed by atoms with Crippen molar-refractivity contribution in [1.82, 2.24) is 0 Å². The smallest absolute Gasteiger partial charge is 0.0763 e. The number of ether oxygens (including phenoxy) is 1. The van der Waals surface area contributed by atoms with Crippen LogP contribution in [0.3, 0.4) is 0 Å². The largest absolute Gasteiger partial charge is 0.370 e. The lowest BCUT2D eigenvalue weighted by Gasteiger charge is -2.28. The van der Waals surface area contributed by atoms with Crippen molar-refractivity contribution in [3.63, 3.8) is 0 Å². The Balaban J connectivity index is 1.84. The zero-order valence-electron chi connectivity index (χ0n) is 10.8. The van der Waals surface area contributed by atoms with Crippen molar-refractivity contribution >= 4 is 0 Å². The summed E-state index contributed by atoms with van der Waals surface area (Å²) >= 11 is 0. The number of hydrogen-bond acceptors (Lipinski definition) is 1. The van der Waals surface area contributed by atoms with Gasteiger partial charge in [-0.3, -0.25) is 0 Å². The summed E-state index contributed by atoms with van der Waals surface area (Å²) in [6.45, 7) is 4.47. The van der Waals surface area contributed by atoms with Crippen molar-refractivity contribution < 1.29 is 4.74 Å². The van der Waals surface area contributed by atoms with Gasteiger partial charge in [-0.05, 0) is 30.7 Å². The van der Waals surface area contributed by atoms with Gasteiger partial charge in [-0.2, -0.15) is 0 Å². The van der Waals surface area contributed by atoms with Gasteiger partial charge in [-0.1, -0.05) is 56.3 Å². The molecule has 0 aromatic heterocycles. The third kappa shape index (κ3) is 3.71. The molecule has 0 unspecified atom stereocenters. The SMILES string of the molecule is CC(C)[C@@H]1CC=C[C@@H](CCc2ccccc2)O1. The van der Waals surface area contributed by atoms with Crippen LogP contribution in [-0.2, 0) is 11.2 Å². The Morgan fingerprint density at radius 3 is 2.71 bits per heavy atom. The van der Waals surface area contributed by atoms with Crippen LogP contribution < -0.4 is 0 Å². The van der Waals surface area contributed by atoms with Gasteiger partial charge < -0.3 is 4.74 Å². The minimum Gasteiger partial charge on any atom is -0.370 e. The molecule has 1 heteroatoms. The third-order valence-electron chi connectivity index (χ3n) is 3.37. The van der Waals surface area contributed by atoms with E-state index in [1.54, 1.807) is 0 Å². The summed E-state index contributed by atoms with van der Waals surface area (Å²) in [7, 11) is 0. The van der Waals surface area contributed by atoms with Gasteiger partial charge in [0.25, 0.3) is 0 Å². The van der Waals surface area contributed by atoms with E-state index in [1.807, 2.05) is 0 Å². The molecule has 1 aliphatic rings. The Kier molecular flexibility index (Phi) is 4.38. The van der Waals surface area contributed by atoms with Crippen molar-refractivity contribution in [2.45, 2.75) is 45.3 Å². The third-order valence-corrected chi connectivity index (χ3v) is 3.37. The summed E-state index contributed by atoms with van der Waals surface area (Å²) in [5.74, 6) is 0.610. The average molecular weight is 230 g/mol. The first-order valence-electron chi connectivity index (χ1n) is 6.62. The maximum absolute atomic E-state index is 6.08. The number of rotatable bonds is 4.